The van der Waals surface area contributed by atoms with Crippen LogP contribution in [0.1, 0.15) is 23.3 Å². The summed E-state index contributed by atoms with van der Waals surface area (Å²) in [6.07, 6.45) is 3.36. The lowest BCUT2D eigenvalue weighted by Gasteiger charge is -2.35. The predicted octanol–water partition coefficient (Wildman–Crippen LogP) is 1.19. The summed E-state index contributed by atoms with van der Waals surface area (Å²) in [6, 6.07) is 3.50. The van der Waals surface area contributed by atoms with Crippen LogP contribution in [0.3, 0.4) is 0 Å². The smallest absolute Gasteiger partial charge is 0.272 e. The molecule has 0 radical (unpaired) electrons. The second-order valence-electron chi connectivity index (χ2n) is 4.92. The average Bonchev–Trinajstić information content (AvgIpc) is 2.81. The molecule has 5 nitrogen and oxygen atoms in total. The van der Waals surface area contributed by atoms with Gasteiger partial charge in [-0.2, -0.15) is 0 Å². The van der Waals surface area contributed by atoms with Crippen molar-refractivity contribution in [3.8, 4) is 0 Å². The zero-order chi connectivity index (χ0) is 13.4. The summed E-state index contributed by atoms with van der Waals surface area (Å²) in [5.74, 6) is -0.0573. The third-order valence-corrected chi connectivity index (χ3v) is 4.28. The van der Waals surface area contributed by atoms with Crippen molar-refractivity contribution in [1.29, 1.82) is 0 Å². The number of carbonyl (C=O) groups is 2. The SMILES string of the molecule is O=C1NCC2C1CCCN2C(=O)c1ccc(Br)cn1. The minimum absolute atomic E-state index is 0.0146. The van der Waals surface area contributed by atoms with Gasteiger partial charge in [-0.15, -0.1) is 0 Å². The van der Waals surface area contributed by atoms with E-state index in [0.29, 0.717) is 18.8 Å². The van der Waals surface area contributed by atoms with Gasteiger partial charge in [0.25, 0.3) is 5.91 Å². The van der Waals surface area contributed by atoms with Crippen LogP contribution in [0.25, 0.3) is 0 Å². The van der Waals surface area contributed by atoms with Gasteiger partial charge < -0.3 is 10.2 Å². The molecule has 1 aromatic rings. The van der Waals surface area contributed by atoms with Crippen LogP contribution < -0.4 is 5.32 Å². The second kappa shape index (κ2) is 4.92. The van der Waals surface area contributed by atoms with E-state index >= 15 is 0 Å². The number of rotatable bonds is 1. The van der Waals surface area contributed by atoms with Crippen molar-refractivity contribution in [2.45, 2.75) is 18.9 Å². The standard InChI is InChI=1S/C13H14BrN3O2/c14-8-3-4-10(15-6-8)13(19)17-5-1-2-9-11(17)7-16-12(9)18/h3-4,6,9,11H,1-2,5,7H2,(H,16,18). The number of likely N-dealkylation sites (tertiary alicyclic amines) is 1. The molecule has 19 heavy (non-hydrogen) atoms. The lowest BCUT2D eigenvalue weighted by molar-refractivity contribution is -0.123. The van der Waals surface area contributed by atoms with Crippen molar-refractivity contribution in [2.75, 3.05) is 13.1 Å². The topological polar surface area (TPSA) is 62.3 Å². The monoisotopic (exact) mass is 323 g/mol. The van der Waals surface area contributed by atoms with E-state index in [2.05, 4.69) is 26.2 Å². The Labute approximate surface area is 119 Å². The highest BCUT2D eigenvalue weighted by molar-refractivity contribution is 9.10. The zero-order valence-corrected chi connectivity index (χ0v) is 11.9. The van der Waals surface area contributed by atoms with Crippen molar-refractivity contribution in [3.63, 3.8) is 0 Å². The highest BCUT2D eigenvalue weighted by Gasteiger charge is 2.42. The number of fused-ring (bicyclic) bond motifs is 1. The lowest BCUT2D eigenvalue weighted by Crippen LogP contribution is -2.48. The maximum Gasteiger partial charge on any atom is 0.272 e. The molecule has 2 aliphatic heterocycles. The first-order valence-electron chi connectivity index (χ1n) is 6.37. The van der Waals surface area contributed by atoms with E-state index in [1.165, 1.54) is 0 Å². The second-order valence-corrected chi connectivity index (χ2v) is 5.84. The van der Waals surface area contributed by atoms with Gasteiger partial charge in [0.05, 0.1) is 12.0 Å². The molecule has 0 bridgehead atoms. The van der Waals surface area contributed by atoms with Gasteiger partial charge >= 0.3 is 0 Å². The summed E-state index contributed by atoms with van der Waals surface area (Å²) in [4.78, 5) is 30.1. The van der Waals surface area contributed by atoms with Crippen molar-refractivity contribution in [2.24, 2.45) is 5.92 Å². The maximum absolute atomic E-state index is 12.5. The summed E-state index contributed by atoms with van der Waals surface area (Å²) in [7, 11) is 0. The molecule has 3 rings (SSSR count). The third kappa shape index (κ3) is 2.25. The lowest BCUT2D eigenvalue weighted by atomic mass is 9.91. The fourth-order valence-corrected chi connectivity index (χ4v) is 3.09. The number of piperidine rings is 1. The molecule has 0 spiro atoms. The van der Waals surface area contributed by atoms with Crippen molar-refractivity contribution >= 4 is 27.7 Å². The van der Waals surface area contributed by atoms with E-state index in [0.717, 1.165) is 17.3 Å². The minimum atomic E-state index is -0.0845. The van der Waals surface area contributed by atoms with E-state index in [4.69, 9.17) is 0 Å². The fourth-order valence-electron chi connectivity index (χ4n) is 2.85. The van der Waals surface area contributed by atoms with E-state index in [1.807, 2.05) is 0 Å². The molecule has 1 N–H and O–H groups in total. The Bertz CT molecular complexity index is 517. The van der Waals surface area contributed by atoms with Gasteiger partial charge in [0.15, 0.2) is 0 Å². The van der Waals surface area contributed by atoms with Crippen LogP contribution in [-0.4, -0.2) is 40.8 Å². The molecule has 2 saturated heterocycles. The Kier molecular flexibility index (Phi) is 3.26. The predicted molar refractivity (Wildman–Crippen MR) is 72.5 cm³/mol. The summed E-state index contributed by atoms with van der Waals surface area (Å²) >= 11 is 3.30. The minimum Gasteiger partial charge on any atom is -0.354 e. The highest BCUT2D eigenvalue weighted by atomic mass is 79.9. The number of amides is 2. The van der Waals surface area contributed by atoms with Crippen LogP contribution in [0.5, 0.6) is 0 Å². The fraction of sp³-hybridized carbons (Fsp3) is 0.462. The first kappa shape index (κ1) is 12.6. The largest absolute Gasteiger partial charge is 0.354 e. The van der Waals surface area contributed by atoms with E-state index in [9.17, 15) is 9.59 Å². The number of carbonyl (C=O) groups excluding carboxylic acids is 2. The van der Waals surface area contributed by atoms with Crippen molar-refractivity contribution in [1.82, 2.24) is 15.2 Å². The maximum atomic E-state index is 12.5. The summed E-state index contributed by atoms with van der Waals surface area (Å²) in [5.41, 5.74) is 0.434. The number of pyridine rings is 1. The molecule has 3 heterocycles. The number of hydrogen-bond acceptors (Lipinski definition) is 3. The number of nitrogens with one attached hydrogen (secondary N) is 1. The van der Waals surface area contributed by atoms with Gasteiger partial charge in [0.1, 0.15) is 5.69 Å². The van der Waals surface area contributed by atoms with Crippen LogP contribution in [0.15, 0.2) is 22.8 Å². The molecule has 2 aliphatic rings. The molecule has 2 unspecified atom stereocenters. The van der Waals surface area contributed by atoms with Gasteiger partial charge in [-0.25, -0.2) is 4.98 Å². The zero-order valence-electron chi connectivity index (χ0n) is 10.3. The average molecular weight is 324 g/mol. The van der Waals surface area contributed by atoms with Gasteiger partial charge in [-0.1, -0.05) is 0 Å². The first-order chi connectivity index (χ1) is 9.16. The first-order valence-corrected chi connectivity index (χ1v) is 7.16. The highest BCUT2D eigenvalue weighted by Crippen LogP contribution is 2.28. The molecule has 100 valence electrons. The van der Waals surface area contributed by atoms with Gasteiger partial charge in [-0.3, -0.25) is 9.59 Å². The number of halogens is 1. The van der Waals surface area contributed by atoms with Crippen LogP contribution in [0.2, 0.25) is 0 Å². The number of hydrogen-bond donors (Lipinski definition) is 1. The Morgan fingerprint density at radius 3 is 3.05 bits per heavy atom. The summed E-state index contributed by atoms with van der Waals surface area (Å²) < 4.78 is 0.846. The Morgan fingerprint density at radius 2 is 2.32 bits per heavy atom. The quantitative estimate of drug-likeness (QED) is 0.844. The Hall–Kier alpha value is -1.43. The van der Waals surface area contributed by atoms with Crippen LogP contribution in [-0.2, 0) is 4.79 Å². The third-order valence-electron chi connectivity index (χ3n) is 3.81. The molecule has 1 aromatic heterocycles. The van der Waals surface area contributed by atoms with Crippen LogP contribution in [0, 0.1) is 5.92 Å². The number of aromatic nitrogens is 1. The van der Waals surface area contributed by atoms with Gasteiger partial charge in [0.2, 0.25) is 5.91 Å². The van der Waals surface area contributed by atoms with Crippen molar-refractivity contribution < 1.29 is 9.59 Å². The molecule has 0 aliphatic carbocycles. The van der Waals surface area contributed by atoms with E-state index in [-0.39, 0.29) is 23.8 Å². The molecule has 0 aromatic carbocycles. The normalized spacial score (nSPS) is 25.9. The van der Waals surface area contributed by atoms with E-state index < -0.39 is 0 Å². The summed E-state index contributed by atoms with van der Waals surface area (Å²) in [6.45, 7) is 1.26. The molecule has 2 fully saturated rings. The molecule has 6 heteroatoms. The number of nitrogens with zero attached hydrogens (tertiary/aromatic N) is 2. The molecular formula is C13H14BrN3O2. The molecular weight excluding hydrogens is 310 g/mol. The summed E-state index contributed by atoms with van der Waals surface area (Å²) in [5, 5.41) is 2.85. The Balaban J connectivity index is 1.83. The Morgan fingerprint density at radius 1 is 1.47 bits per heavy atom. The van der Waals surface area contributed by atoms with Crippen molar-refractivity contribution in [3.05, 3.63) is 28.5 Å². The molecule has 0 saturated carbocycles. The molecule has 2 amide bonds. The van der Waals surface area contributed by atoms with Crippen LogP contribution >= 0.6 is 15.9 Å². The van der Waals surface area contributed by atoms with Gasteiger partial charge in [-0.05, 0) is 40.9 Å². The van der Waals surface area contributed by atoms with Crippen LogP contribution in [0.4, 0.5) is 0 Å². The van der Waals surface area contributed by atoms with Gasteiger partial charge in [0, 0.05) is 23.8 Å². The molecule has 2 atom stereocenters. The van der Waals surface area contributed by atoms with E-state index in [1.54, 1.807) is 23.2 Å².